The Morgan fingerprint density at radius 2 is 1.86 bits per heavy atom. The molecule has 0 heterocycles. The summed E-state index contributed by atoms with van der Waals surface area (Å²) in [6.07, 6.45) is 0. The molecule has 0 radical (unpaired) electrons. The number of carbonyl (C=O) groups excluding carboxylic acids is 2. The van der Waals surface area contributed by atoms with E-state index >= 15 is 0 Å². The quantitative estimate of drug-likeness (QED) is 0.833. The van der Waals surface area contributed by atoms with Gasteiger partial charge in [-0.25, -0.2) is 9.18 Å². The van der Waals surface area contributed by atoms with Crippen LogP contribution in [0.3, 0.4) is 0 Å². The predicted octanol–water partition coefficient (Wildman–Crippen LogP) is 2.66. The molecule has 0 bridgehead atoms. The van der Waals surface area contributed by atoms with Crippen LogP contribution in [0.15, 0.2) is 48.5 Å². The largest absolute Gasteiger partial charge is 0.465 e. The minimum atomic E-state index is -0.572. The van der Waals surface area contributed by atoms with Crippen molar-refractivity contribution in [2.45, 2.75) is 0 Å². The first-order chi connectivity index (χ1) is 10.6. The second-order valence-electron chi connectivity index (χ2n) is 4.45. The average molecular weight is 302 g/mol. The summed E-state index contributed by atoms with van der Waals surface area (Å²) in [7, 11) is 1.24. The van der Waals surface area contributed by atoms with E-state index in [2.05, 4.69) is 15.4 Å². The molecule has 0 atom stereocenters. The molecule has 5 nitrogen and oxygen atoms in total. The Morgan fingerprint density at radius 3 is 2.55 bits per heavy atom. The van der Waals surface area contributed by atoms with Crippen LogP contribution in [0, 0.1) is 5.82 Å². The second kappa shape index (κ2) is 7.21. The second-order valence-corrected chi connectivity index (χ2v) is 4.45. The first kappa shape index (κ1) is 15.5. The zero-order valence-corrected chi connectivity index (χ0v) is 11.9. The summed E-state index contributed by atoms with van der Waals surface area (Å²) in [5.41, 5.74) is 0.916. The van der Waals surface area contributed by atoms with Crippen molar-refractivity contribution in [1.82, 2.24) is 0 Å². The number of amides is 1. The van der Waals surface area contributed by atoms with Crippen molar-refractivity contribution in [3.8, 4) is 0 Å². The number of rotatable bonds is 5. The molecule has 6 heteroatoms. The van der Waals surface area contributed by atoms with Crippen LogP contribution in [0.5, 0.6) is 0 Å². The molecule has 0 aliphatic rings. The Hall–Kier alpha value is -2.89. The number of ether oxygens (including phenoxy) is 1. The summed E-state index contributed by atoms with van der Waals surface area (Å²) in [4.78, 5) is 23.2. The van der Waals surface area contributed by atoms with Gasteiger partial charge in [-0.1, -0.05) is 18.2 Å². The molecular weight excluding hydrogens is 287 g/mol. The third-order valence-electron chi connectivity index (χ3n) is 2.88. The van der Waals surface area contributed by atoms with E-state index in [1.165, 1.54) is 19.2 Å². The fourth-order valence-corrected chi connectivity index (χ4v) is 1.81. The van der Waals surface area contributed by atoms with Gasteiger partial charge in [-0.2, -0.15) is 0 Å². The first-order valence-corrected chi connectivity index (χ1v) is 6.57. The molecule has 0 spiro atoms. The molecule has 0 fully saturated rings. The Labute approximate surface area is 127 Å². The van der Waals surface area contributed by atoms with E-state index in [4.69, 9.17) is 0 Å². The minimum Gasteiger partial charge on any atom is -0.465 e. The standard InChI is InChI=1S/C16H15FN2O3/c1-22-16(21)11-7-8-13(17)14(9-11)18-10-15(20)19-12-5-3-2-4-6-12/h2-9,18H,10H2,1H3,(H,19,20). The normalized spacial score (nSPS) is 9.91. The number of esters is 1. The summed E-state index contributed by atoms with van der Waals surface area (Å²) in [5, 5.41) is 5.32. The van der Waals surface area contributed by atoms with E-state index in [0.29, 0.717) is 5.69 Å². The molecule has 0 aromatic heterocycles. The number of halogens is 1. The zero-order chi connectivity index (χ0) is 15.9. The molecule has 0 saturated heterocycles. The van der Waals surface area contributed by atoms with Gasteiger partial charge in [0.25, 0.3) is 0 Å². The Balaban J connectivity index is 1.99. The number of carbonyl (C=O) groups is 2. The smallest absolute Gasteiger partial charge is 0.337 e. The number of hydrogen-bond acceptors (Lipinski definition) is 4. The van der Waals surface area contributed by atoms with E-state index < -0.39 is 11.8 Å². The van der Waals surface area contributed by atoms with Gasteiger partial charge < -0.3 is 15.4 Å². The lowest BCUT2D eigenvalue weighted by Crippen LogP contribution is -2.22. The monoisotopic (exact) mass is 302 g/mol. The predicted molar refractivity (Wildman–Crippen MR) is 81.3 cm³/mol. The van der Waals surface area contributed by atoms with E-state index in [9.17, 15) is 14.0 Å². The van der Waals surface area contributed by atoms with Crippen LogP contribution < -0.4 is 10.6 Å². The van der Waals surface area contributed by atoms with Gasteiger partial charge >= 0.3 is 5.97 Å². The maximum absolute atomic E-state index is 13.7. The lowest BCUT2D eigenvalue weighted by molar-refractivity contribution is -0.114. The van der Waals surface area contributed by atoms with Crippen LogP contribution >= 0.6 is 0 Å². The van der Waals surface area contributed by atoms with E-state index in [1.54, 1.807) is 24.3 Å². The fraction of sp³-hybridized carbons (Fsp3) is 0.125. The molecule has 1 amide bonds. The highest BCUT2D eigenvalue weighted by Crippen LogP contribution is 2.16. The van der Waals surface area contributed by atoms with Crippen molar-refractivity contribution in [2.75, 3.05) is 24.3 Å². The summed E-state index contributed by atoms with van der Waals surface area (Å²) < 4.78 is 18.2. The van der Waals surface area contributed by atoms with Gasteiger partial charge in [-0.05, 0) is 30.3 Å². The van der Waals surface area contributed by atoms with Crippen molar-refractivity contribution in [3.63, 3.8) is 0 Å². The van der Waals surface area contributed by atoms with Crippen molar-refractivity contribution < 1.29 is 18.7 Å². The Bertz CT molecular complexity index is 674. The van der Waals surface area contributed by atoms with Crippen LogP contribution in [0.4, 0.5) is 15.8 Å². The van der Waals surface area contributed by atoms with Gasteiger partial charge in [-0.15, -0.1) is 0 Å². The molecule has 0 aliphatic heterocycles. The van der Waals surface area contributed by atoms with Gasteiger partial charge in [0, 0.05) is 5.69 Å². The Kier molecular flexibility index (Phi) is 5.08. The summed E-state index contributed by atoms with van der Waals surface area (Å²) >= 11 is 0. The van der Waals surface area contributed by atoms with Crippen molar-refractivity contribution in [2.24, 2.45) is 0 Å². The van der Waals surface area contributed by atoms with Gasteiger partial charge in [0.2, 0.25) is 5.91 Å². The van der Waals surface area contributed by atoms with E-state index in [1.807, 2.05) is 6.07 Å². The van der Waals surface area contributed by atoms with E-state index in [0.717, 1.165) is 6.07 Å². The number of methoxy groups -OCH3 is 1. The molecule has 22 heavy (non-hydrogen) atoms. The molecule has 2 N–H and O–H groups in total. The maximum atomic E-state index is 13.7. The minimum absolute atomic E-state index is 0.0612. The molecule has 2 aromatic carbocycles. The topological polar surface area (TPSA) is 67.4 Å². The number of hydrogen-bond donors (Lipinski definition) is 2. The molecule has 114 valence electrons. The van der Waals surface area contributed by atoms with Crippen molar-refractivity contribution in [3.05, 3.63) is 59.9 Å². The molecule has 0 saturated carbocycles. The van der Waals surface area contributed by atoms with Crippen molar-refractivity contribution in [1.29, 1.82) is 0 Å². The zero-order valence-electron chi connectivity index (χ0n) is 11.9. The highest BCUT2D eigenvalue weighted by Gasteiger charge is 2.11. The number of benzene rings is 2. The number of para-hydroxylation sites is 1. The lowest BCUT2D eigenvalue weighted by Gasteiger charge is -2.09. The number of anilines is 2. The van der Waals surface area contributed by atoms with Crippen LogP contribution in [-0.4, -0.2) is 25.5 Å². The molecular formula is C16H15FN2O3. The molecule has 0 unspecified atom stereocenters. The lowest BCUT2D eigenvalue weighted by atomic mass is 10.2. The van der Waals surface area contributed by atoms with Gasteiger partial charge in [0.15, 0.2) is 0 Å². The average Bonchev–Trinajstić information content (AvgIpc) is 2.54. The number of nitrogens with one attached hydrogen (secondary N) is 2. The highest BCUT2D eigenvalue weighted by molar-refractivity contribution is 5.94. The van der Waals surface area contributed by atoms with Crippen LogP contribution in [0.2, 0.25) is 0 Å². The molecule has 2 aromatic rings. The van der Waals surface area contributed by atoms with Crippen molar-refractivity contribution >= 4 is 23.3 Å². The third kappa shape index (κ3) is 4.05. The van der Waals surface area contributed by atoms with Gasteiger partial charge in [0.05, 0.1) is 24.9 Å². The SMILES string of the molecule is COC(=O)c1ccc(F)c(NCC(=O)Nc2ccccc2)c1. The van der Waals surface area contributed by atoms with Gasteiger partial charge in [0.1, 0.15) is 5.82 Å². The highest BCUT2D eigenvalue weighted by atomic mass is 19.1. The molecule has 2 rings (SSSR count). The summed E-state index contributed by atoms with van der Waals surface area (Å²) in [6, 6.07) is 12.7. The first-order valence-electron chi connectivity index (χ1n) is 6.57. The third-order valence-corrected chi connectivity index (χ3v) is 2.88. The summed E-state index contributed by atoms with van der Waals surface area (Å²) in [6.45, 7) is -0.129. The molecule has 0 aliphatic carbocycles. The summed E-state index contributed by atoms with van der Waals surface area (Å²) in [5.74, 6) is -1.45. The van der Waals surface area contributed by atoms with Crippen LogP contribution in [0.1, 0.15) is 10.4 Å². The van der Waals surface area contributed by atoms with Gasteiger partial charge in [-0.3, -0.25) is 4.79 Å². The maximum Gasteiger partial charge on any atom is 0.337 e. The van der Waals surface area contributed by atoms with E-state index in [-0.39, 0.29) is 23.7 Å². The Morgan fingerprint density at radius 1 is 1.14 bits per heavy atom. The fourth-order valence-electron chi connectivity index (χ4n) is 1.81. The van der Waals surface area contributed by atoms with Crippen LogP contribution in [-0.2, 0) is 9.53 Å². The van der Waals surface area contributed by atoms with Crippen LogP contribution in [0.25, 0.3) is 0 Å².